The van der Waals surface area contributed by atoms with Crippen molar-refractivity contribution in [2.24, 2.45) is 0 Å². The summed E-state index contributed by atoms with van der Waals surface area (Å²) in [6.45, 7) is 2.53. The van der Waals surface area contributed by atoms with Gasteiger partial charge in [-0.05, 0) is 30.7 Å². The predicted molar refractivity (Wildman–Crippen MR) is 72.5 cm³/mol. The molecule has 0 radical (unpaired) electrons. The minimum absolute atomic E-state index is 0.0631. The Labute approximate surface area is 107 Å². The molecule has 1 amide bonds. The molecule has 96 valence electrons. The average molecular weight is 246 g/mol. The number of carbonyl (C=O) groups excluding carboxylic acids is 1. The van der Waals surface area contributed by atoms with Gasteiger partial charge in [0.15, 0.2) is 0 Å². The van der Waals surface area contributed by atoms with Crippen LogP contribution < -0.4 is 5.32 Å². The number of carbonyl (C=O) groups is 1. The third-order valence-electron chi connectivity index (χ3n) is 2.80. The van der Waals surface area contributed by atoms with Gasteiger partial charge in [-0.3, -0.25) is 4.79 Å². The standard InChI is InChI=1S/C14H18N2O2/c1-3-4-14(17)15-12-5-6-13-11(9-12)7-8-16(13)10-18-2/h5-9H,3-4,10H2,1-2H3,(H,15,17). The Hall–Kier alpha value is -1.81. The van der Waals surface area contributed by atoms with E-state index in [1.54, 1.807) is 7.11 Å². The molecule has 1 aromatic heterocycles. The summed E-state index contributed by atoms with van der Waals surface area (Å²) in [5, 5.41) is 4.00. The van der Waals surface area contributed by atoms with Gasteiger partial charge in [0.1, 0.15) is 6.73 Å². The van der Waals surface area contributed by atoms with E-state index in [0.29, 0.717) is 13.2 Å². The van der Waals surface area contributed by atoms with Crippen molar-refractivity contribution in [2.75, 3.05) is 12.4 Å². The highest BCUT2D eigenvalue weighted by molar-refractivity contribution is 5.93. The molecule has 0 aliphatic carbocycles. The summed E-state index contributed by atoms with van der Waals surface area (Å²) >= 11 is 0. The third-order valence-corrected chi connectivity index (χ3v) is 2.80. The number of amides is 1. The molecule has 4 nitrogen and oxygen atoms in total. The Bertz CT molecular complexity index is 546. The van der Waals surface area contributed by atoms with Crippen LogP contribution in [0.1, 0.15) is 19.8 Å². The summed E-state index contributed by atoms with van der Waals surface area (Å²) in [5.74, 6) is 0.0631. The Kier molecular flexibility index (Phi) is 3.99. The highest BCUT2D eigenvalue weighted by Crippen LogP contribution is 2.20. The van der Waals surface area contributed by atoms with Gasteiger partial charge >= 0.3 is 0 Å². The van der Waals surface area contributed by atoms with Gasteiger partial charge in [-0.15, -0.1) is 0 Å². The zero-order chi connectivity index (χ0) is 13.0. The van der Waals surface area contributed by atoms with E-state index < -0.39 is 0 Å². The molecule has 0 spiro atoms. The summed E-state index contributed by atoms with van der Waals surface area (Å²) in [6.07, 6.45) is 3.40. The smallest absolute Gasteiger partial charge is 0.224 e. The second-order valence-corrected chi connectivity index (χ2v) is 4.28. The highest BCUT2D eigenvalue weighted by Gasteiger charge is 2.04. The molecule has 0 atom stereocenters. The van der Waals surface area contributed by atoms with Crippen LogP contribution in [0.2, 0.25) is 0 Å². The zero-order valence-electron chi connectivity index (χ0n) is 10.8. The minimum Gasteiger partial charge on any atom is -0.364 e. The van der Waals surface area contributed by atoms with Crippen LogP contribution in [0.25, 0.3) is 10.9 Å². The van der Waals surface area contributed by atoms with Crippen molar-refractivity contribution in [3.05, 3.63) is 30.5 Å². The largest absolute Gasteiger partial charge is 0.364 e. The number of methoxy groups -OCH3 is 1. The van der Waals surface area contributed by atoms with Gasteiger partial charge in [0.05, 0.1) is 5.52 Å². The summed E-state index contributed by atoms with van der Waals surface area (Å²) in [7, 11) is 1.67. The number of rotatable bonds is 5. The molecule has 4 heteroatoms. The molecule has 0 aliphatic rings. The number of aromatic nitrogens is 1. The van der Waals surface area contributed by atoms with Gasteiger partial charge in [0, 0.05) is 30.8 Å². The number of hydrogen-bond acceptors (Lipinski definition) is 2. The van der Waals surface area contributed by atoms with Gasteiger partial charge < -0.3 is 14.6 Å². The lowest BCUT2D eigenvalue weighted by Gasteiger charge is -2.06. The van der Waals surface area contributed by atoms with Crippen LogP contribution in [0, 0.1) is 0 Å². The van der Waals surface area contributed by atoms with Crippen LogP contribution in [-0.2, 0) is 16.3 Å². The van der Waals surface area contributed by atoms with Gasteiger partial charge in [-0.25, -0.2) is 0 Å². The second-order valence-electron chi connectivity index (χ2n) is 4.28. The lowest BCUT2D eigenvalue weighted by Crippen LogP contribution is -2.10. The predicted octanol–water partition coefficient (Wildman–Crippen LogP) is 2.98. The molecule has 2 aromatic rings. The van der Waals surface area contributed by atoms with Gasteiger partial charge in [0.25, 0.3) is 0 Å². The molecule has 0 saturated carbocycles. The maximum atomic E-state index is 11.5. The van der Waals surface area contributed by atoms with Crippen LogP contribution in [-0.4, -0.2) is 17.6 Å². The third kappa shape index (κ3) is 2.71. The lowest BCUT2D eigenvalue weighted by molar-refractivity contribution is -0.116. The number of anilines is 1. The van der Waals surface area contributed by atoms with Gasteiger partial charge in [0.2, 0.25) is 5.91 Å². The Morgan fingerprint density at radius 3 is 2.94 bits per heavy atom. The van der Waals surface area contributed by atoms with Crippen LogP contribution in [0.5, 0.6) is 0 Å². The first-order valence-electron chi connectivity index (χ1n) is 6.12. The van der Waals surface area contributed by atoms with Crippen molar-refractivity contribution in [3.63, 3.8) is 0 Å². The summed E-state index contributed by atoms with van der Waals surface area (Å²) in [4.78, 5) is 11.5. The maximum absolute atomic E-state index is 11.5. The minimum atomic E-state index is 0.0631. The number of benzene rings is 1. The topological polar surface area (TPSA) is 43.3 Å². The second kappa shape index (κ2) is 5.69. The monoisotopic (exact) mass is 246 g/mol. The maximum Gasteiger partial charge on any atom is 0.224 e. The van der Waals surface area contributed by atoms with E-state index >= 15 is 0 Å². The summed E-state index contributed by atoms with van der Waals surface area (Å²) in [5.41, 5.74) is 1.95. The Morgan fingerprint density at radius 2 is 2.22 bits per heavy atom. The van der Waals surface area contributed by atoms with E-state index in [9.17, 15) is 4.79 Å². The first-order valence-corrected chi connectivity index (χ1v) is 6.12. The van der Waals surface area contributed by atoms with Crippen molar-refractivity contribution < 1.29 is 9.53 Å². The van der Waals surface area contributed by atoms with Crippen molar-refractivity contribution in [1.82, 2.24) is 4.57 Å². The fourth-order valence-electron chi connectivity index (χ4n) is 1.98. The highest BCUT2D eigenvalue weighted by atomic mass is 16.5. The van der Waals surface area contributed by atoms with E-state index in [1.165, 1.54) is 0 Å². The van der Waals surface area contributed by atoms with Crippen LogP contribution >= 0.6 is 0 Å². The summed E-state index contributed by atoms with van der Waals surface area (Å²) < 4.78 is 7.14. The molecule has 2 rings (SSSR count). The van der Waals surface area contributed by atoms with Crippen molar-refractivity contribution in [2.45, 2.75) is 26.5 Å². The SMILES string of the molecule is CCCC(=O)Nc1ccc2c(ccn2COC)c1. The molecule has 0 aliphatic heterocycles. The fourth-order valence-corrected chi connectivity index (χ4v) is 1.98. The van der Waals surface area contributed by atoms with Crippen LogP contribution in [0.15, 0.2) is 30.5 Å². The van der Waals surface area contributed by atoms with E-state index in [1.807, 2.05) is 42.0 Å². The molecule has 1 N–H and O–H groups in total. The number of fused-ring (bicyclic) bond motifs is 1. The number of nitrogens with one attached hydrogen (secondary N) is 1. The Balaban J connectivity index is 2.20. The first kappa shape index (κ1) is 12.6. The van der Waals surface area contributed by atoms with Crippen molar-refractivity contribution in [1.29, 1.82) is 0 Å². The normalized spacial score (nSPS) is 10.8. The fraction of sp³-hybridized carbons (Fsp3) is 0.357. The molecule has 0 saturated heterocycles. The molecular weight excluding hydrogens is 228 g/mol. The van der Waals surface area contributed by atoms with E-state index in [-0.39, 0.29) is 5.91 Å². The average Bonchev–Trinajstić information content (AvgIpc) is 2.73. The number of hydrogen-bond donors (Lipinski definition) is 1. The number of nitrogens with zero attached hydrogens (tertiary/aromatic N) is 1. The molecule has 0 unspecified atom stereocenters. The van der Waals surface area contributed by atoms with E-state index in [2.05, 4.69) is 5.32 Å². The quantitative estimate of drug-likeness (QED) is 0.881. The summed E-state index contributed by atoms with van der Waals surface area (Å²) in [6, 6.07) is 7.91. The molecule has 18 heavy (non-hydrogen) atoms. The van der Waals surface area contributed by atoms with Crippen LogP contribution in [0.3, 0.4) is 0 Å². The molecule has 1 heterocycles. The molecular formula is C14H18N2O2. The number of ether oxygens (including phenoxy) is 1. The first-order chi connectivity index (χ1) is 8.74. The van der Waals surface area contributed by atoms with Crippen LogP contribution in [0.4, 0.5) is 5.69 Å². The molecule has 0 fully saturated rings. The van der Waals surface area contributed by atoms with Gasteiger partial charge in [-0.1, -0.05) is 6.92 Å². The van der Waals surface area contributed by atoms with Crippen molar-refractivity contribution in [3.8, 4) is 0 Å². The zero-order valence-corrected chi connectivity index (χ0v) is 10.8. The van der Waals surface area contributed by atoms with Gasteiger partial charge in [-0.2, -0.15) is 0 Å². The van der Waals surface area contributed by atoms with E-state index in [0.717, 1.165) is 23.0 Å². The van der Waals surface area contributed by atoms with Crippen molar-refractivity contribution >= 4 is 22.5 Å². The molecule has 0 bridgehead atoms. The van der Waals surface area contributed by atoms with E-state index in [4.69, 9.17) is 4.74 Å². The molecule has 1 aromatic carbocycles. The lowest BCUT2D eigenvalue weighted by atomic mass is 10.2. The Morgan fingerprint density at radius 1 is 1.39 bits per heavy atom.